The summed E-state index contributed by atoms with van der Waals surface area (Å²) in [6, 6.07) is 21.7. The minimum atomic E-state index is -0.725. The number of benzene rings is 3. The maximum absolute atomic E-state index is 12.5. The molecule has 0 aliphatic rings. The molecular weight excluding hydrogens is 416 g/mol. The third-order valence-corrected chi connectivity index (χ3v) is 5.17. The summed E-state index contributed by atoms with van der Waals surface area (Å²) in [4.78, 5) is 25.1. The molecule has 0 aromatic heterocycles. The molecule has 1 atom stereocenters. The van der Waals surface area contributed by atoms with Crippen molar-refractivity contribution in [2.24, 2.45) is 0 Å². The van der Waals surface area contributed by atoms with Crippen LogP contribution in [0, 0.1) is 0 Å². The lowest BCUT2D eigenvalue weighted by molar-refractivity contribution is -0.122. The van der Waals surface area contributed by atoms with E-state index >= 15 is 0 Å². The summed E-state index contributed by atoms with van der Waals surface area (Å²) in [5, 5.41) is 5.69. The summed E-state index contributed by atoms with van der Waals surface area (Å²) in [6.07, 6.45) is -0.725. The van der Waals surface area contributed by atoms with Gasteiger partial charge in [0.1, 0.15) is 0 Å². The highest BCUT2D eigenvalue weighted by atomic mass is 16.5. The average Bonchev–Trinajstić information content (AvgIpc) is 2.80. The standard InChI is InChI=1S/C27H30N2O4/c1-18(33-24-9-7-6-8-23(24)32-5)25(30)28-21-14-16-22(17-15-21)29-26(31)19-10-12-20(13-11-19)27(2,3)4/h6-18H,1-5H3,(H,28,30)(H,29,31). The number of carbonyl (C=O) groups is 2. The monoisotopic (exact) mass is 446 g/mol. The first-order valence-electron chi connectivity index (χ1n) is 10.8. The fraction of sp³-hybridized carbons (Fsp3) is 0.259. The molecule has 0 aliphatic heterocycles. The predicted octanol–water partition coefficient (Wildman–Crippen LogP) is 5.65. The molecule has 6 nitrogen and oxygen atoms in total. The molecule has 3 aromatic carbocycles. The van der Waals surface area contributed by atoms with Crippen molar-refractivity contribution in [3.63, 3.8) is 0 Å². The molecule has 3 rings (SSSR count). The molecule has 0 radical (unpaired) electrons. The first-order valence-corrected chi connectivity index (χ1v) is 10.8. The van der Waals surface area contributed by atoms with Gasteiger partial charge in [0.25, 0.3) is 11.8 Å². The normalized spacial score (nSPS) is 11.9. The average molecular weight is 447 g/mol. The van der Waals surface area contributed by atoms with Crippen LogP contribution in [0.2, 0.25) is 0 Å². The van der Waals surface area contributed by atoms with E-state index in [2.05, 4.69) is 31.4 Å². The van der Waals surface area contributed by atoms with Crippen molar-refractivity contribution in [2.45, 2.75) is 39.2 Å². The fourth-order valence-corrected chi connectivity index (χ4v) is 3.17. The number of hydrogen-bond acceptors (Lipinski definition) is 4. The number of para-hydroxylation sites is 2. The van der Waals surface area contributed by atoms with Gasteiger partial charge in [-0.3, -0.25) is 9.59 Å². The Labute approximate surface area is 194 Å². The number of anilines is 2. The van der Waals surface area contributed by atoms with Gasteiger partial charge in [0.05, 0.1) is 7.11 Å². The fourth-order valence-electron chi connectivity index (χ4n) is 3.17. The Kier molecular flexibility index (Phi) is 7.38. The Morgan fingerprint density at radius 3 is 1.88 bits per heavy atom. The van der Waals surface area contributed by atoms with E-state index in [1.54, 1.807) is 50.4 Å². The third kappa shape index (κ3) is 6.35. The van der Waals surface area contributed by atoms with Crippen LogP contribution in [0.5, 0.6) is 11.5 Å². The van der Waals surface area contributed by atoms with E-state index in [1.165, 1.54) is 5.56 Å². The van der Waals surface area contributed by atoms with Gasteiger partial charge >= 0.3 is 0 Å². The number of carbonyl (C=O) groups excluding carboxylic acids is 2. The van der Waals surface area contributed by atoms with Gasteiger partial charge in [0, 0.05) is 16.9 Å². The van der Waals surface area contributed by atoms with E-state index in [0.29, 0.717) is 28.4 Å². The summed E-state index contributed by atoms with van der Waals surface area (Å²) >= 11 is 0. The third-order valence-electron chi connectivity index (χ3n) is 5.17. The number of amides is 2. The molecule has 0 aliphatic carbocycles. The molecule has 6 heteroatoms. The van der Waals surface area contributed by atoms with Crippen molar-refractivity contribution in [1.82, 2.24) is 0 Å². The molecule has 0 saturated carbocycles. The van der Waals surface area contributed by atoms with Crippen LogP contribution in [0.3, 0.4) is 0 Å². The van der Waals surface area contributed by atoms with Crippen LogP contribution in [-0.2, 0) is 10.2 Å². The first kappa shape index (κ1) is 23.9. The molecule has 1 unspecified atom stereocenters. The molecule has 2 amide bonds. The maximum atomic E-state index is 12.5. The molecule has 172 valence electrons. The van der Waals surface area contributed by atoms with E-state index in [9.17, 15) is 9.59 Å². The van der Waals surface area contributed by atoms with Crippen molar-refractivity contribution < 1.29 is 19.1 Å². The number of hydrogen-bond donors (Lipinski definition) is 2. The largest absolute Gasteiger partial charge is 0.493 e. The van der Waals surface area contributed by atoms with Gasteiger partial charge in [-0.05, 0) is 66.4 Å². The Bertz CT molecular complexity index is 1100. The first-order chi connectivity index (χ1) is 15.7. The van der Waals surface area contributed by atoms with Crippen molar-refractivity contribution in [3.8, 4) is 11.5 Å². The van der Waals surface area contributed by atoms with Crippen molar-refractivity contribution >= 4 is 23.2 Å². The van der Waals surface area contributed by atoms with Crippen LogP contribution in [-0.4, -0.2) is 25.0 Å². The Hall–Kier alpha value is -3.80. The molecule has 0 heterocycles. The van der Waals surface area contributed by atoms with Crippen molar-refractivity contribution in [2.75, 3.05) is 17.7 Å². The number of methoxy groups -OCH3 is 1. The van der Waals surface area contributed by atoms with Gasteiger partial charge in [-0.2, -0.15) is 0 Å². The van der Waals surface area contributed by atoms with Crippen LogP contribution in [0.15, 0.2) is 72.8 Å². The predicted molar refractivity (Wildman–Crippen MR) is 131 cm³/mol. The second kappa shape index (κ2) is 10.2. The topological polar surface area (TPSA) is 76.7 Å². The second-order valence-electron chi connectivity index (χ2n) is 8.76. The highest BCUT2D eigenvalue weighted by molar-refractivity contribution is 6.04. The Morgan fingerprint density at radius 2 is 1.33 bits per heavy atom. The zero-order valence-electron chi connectivity index (χ0n) is 19.6. The van der Waals surface area contributed by atoms with Crippen molar-refractivity contribution in [3.05, 3.63) is 83.9 Å². The minimum Gasteiger partial charge on any atom is -0.493 e. The van der Waals surface area contributed by atoms with Gasteiger partial charge in [0.2, 0.25) is 0 Å². The van der Waals surface area contributed by atoms with Crippen LogP contribution >= 0.6 is 0 Å². The zero-order chi connectivity index (χ0) is 24.0. The van der Waals surface area contributed by atoms with E-state index in [0.717, 1.165) is 0 Å². The van der Waals surface area contributed by atoms with Crippen LogP contribution in [0.4, 0.5) is 11.4 Å². The molecule has 0 saturated heterocycles. The lowest BCUT2D eigenvalue weighted by Crippen LogP contribution is -2.30. The van der Waals surface area contributed by atoms with Gasteiger partial charge in [-0.15, -0.1) is 0 Å². The number of ether oxygens (including phenoxy) is 2. The van der Waals surface area contributed by atoms with Gasteiger partial charge < -0.3 is 20.1 Å². The number of nitrogens with one attached hydrogen (secondary N) is 2. The smallest absolute Gasteiger partial charge is 0.265 e. The maximum Gasteiger partial charge on any atom is 0.265 e. The molecule has 0 fully saturated rings. The summed E-state index contributed by atoms with van der Waals surface area (Å²) < 4.78 is 11.0. The van der Waals surface area contributed by atoms with E-state index < -0.39 is 6.10 Å². The van der Waals surface area contributed by atoms with Crippen LogP contribution in [0.1, 0.15) is 43.6 Å². The van der Waals surface area contributed by atoms with Crippen molar-refractivity contribution in [1.29, 1.82) is 0 Å². The summed E-state index contributed by atoms with van der Waals surface area (Å²) in [5.41, 5.74) is 3.02. The lowest BCUT2D eigenvalue weighted by Gasteiger charge is -2.19. The highest BCUT2D eigenvalue weighted by Crippen LogP contribution is 2.27. The Balaban J connectivity index is 1.57. The number of rotatable bonds is 7. The van der Waals surface area contributed by atoms with E-state index in [1.807, 2.05) is 36.4 Å². The lowest BCUT2D eigenvalue weighted by atomic mass is 9.87. The molecule has 0 bridgehead atoms. The second-order valence-corrected chi connectivity index (χ2v) is 8.76. The van der Waals surface area contributed by atoms with Gasteiger partial charge in [-0.25, -0.2) is 0 Å². The molecule has 33 heavy (non-hydrogen) atoms. The van der Waals surface area contributed by atoms with E-state index in [4.69, 9.17) is 9.47 Å². The quantitative estimate of drug-likeness (QED) is 0.492. The minimum absolute atomic E-state index is 0.0327. The molecular formula is C27H30N2O4. The molecule has 0 spiro atoms. The molecule has 2 N–H and O–H groups in total. The van der Waals surface area contributed by atoms with E-state index in [-0.39, 0.29) is 17.2 Å². The summed E-state index contributed by atoms with van der Waals surface area (Å²) in [5.74, 6) is 0.573. The Morgan fingerprint density at radius 1 is 0.788 bits per heavy atom. The summed E-state index contributed by atoms with van der Waals surface area (Å²) in [6.45, 7) is 8.07. The van der Waals surface area contributed by atoms with Gasteiger partial charge in [0.15, 0.2) is 17.6 Å². The zero-order valence-corrected chi connectivity index (χ0v) is 19.6. The van der Waals surface area contributed by atoms with Gasteiger partial charge in [-0.1, -0.05) is 45.0 Å². The molecule has 3 aromatic rings. The van der Waals surface area contributed by atoms with Crippen LogP contribution in [0.25, 0.3) is 0 Å². The summed E-state index contributed by atoms with van der Waals surface area (Å²) in [7, 11) is 1.55. The SMILES string of the molecule is COc1ccccc1OC(C)C(=O)Nc1ccc(NC(=O)c2ccc(C(C)(C)C)cc2)cc1. The van der Waals surface area contributed by atoms with Crippen LogP contribution < -0.4 is 20.1 Å². The highest BCUT2D eigenvalue weighted by Gasteiger charge is 2.17.